The van der Waals surface area contributed by atoms with Gasteiger partial charge in [0.25, 0.3) is 0 Å². The maximum absolute atomic E-state index is 5.39. The first-order valence-electron chi connectivity index (χ1n) is 5.56. The number of aromatic nitrogens is 2. The van der Waals surface area contributed by atoms with Crippen molar-refractivity contribution in [1.29, 1.82) is 0 Å². The molecule has 0 unspecified atom stereocenters. The molecule has 0 aliphatic heterocycles. The van der Waals surface area contributed by atoms with Crippen molar-refractivity contribution >= 4 is 5.82 Å². The third kappa shape index (κ3) is 2.72. The van der Waals surface area contributed by atoms with Gasteiger partial charge in [-0.2, -0.15) is 0 Å². The molecule has 0 atom stereocenters. The van der Waals surface area contributed by atoms with E-state index in [-0.39, 0.29) is 0 Å². The van der Waals surface area contributed by atoms with Crippen LogP contribution >= 0.6 is 0 Å². The van der Waals surface area contributed by atoms with E-state index in [1.165, 1.54) is 0 Å². The predicted molar refractivity (Wildman–Crippen MR) is 68.2 cm³/mol. The molecule has 4 heteroatoms. The Morgan fingerprint density at radius 3 is 2.59 bits per heavy atom. The van der Waals surface area contributed by atoms with Gasteiger partial charge in [-0.3, -0.25) is 4.98 Å². The molecule has 0 bridgehead atoms. The lowest BCUT2D eigenvalue weighted by Crippen LogP contribution is -1.95. The number of hydrogen-bond acceptors (Lipinski definition) is 4. The van der Waals surface area contributed by atoms with Gasteiger partial charge < -0.3 is 10.1 Å². The molecule has 0 fully saturated rings. The summed E-state index contributed by atoms with van der Waals surface area (Å²) in [5, 5.41) is 2.97. The first-order valence-corrected chi connectivity index (χ1v) is 5.56. The first-order chi connectivity index (χ1) is 8.33. The molecule has 1 heterocycles. The smallest absolute Gasteiger partial charge is 0.144 e. The first kappa shape index (κ1) is 11.4. The topological polar surface area (TPSA) is 47.0 Å². The second kappa shape index (κ2) is 5.30. The average Bonchev–Trinajstić information content (AvgIpc) is 2.40. The summed E-state index contributed by atoms with van der Waals surface area (Å²) in [4.78, 5) is 8.56. The van der Waals surface area contributed by atoms with Gasteiger partial charge >= 0.3 is 0 Å². The van der Waals surface area contributed by atoms with Crippen LogP contribution in [0, 0.1) is 0 Å². The van der Waals surface area contributed by atoms with Gasteiger partial charge in [-0.15, -0.1) is 0 Å². The fraction of sp³-hybridized carbons (Fsp3) is 0.231. The molecule has 0 aliphatic carbocycles. The Morgan fingerprint density at radius 2 is 1.94 bits per heavy atom. The van der Waals surface area contributed by atoms with Gasteiger partial charge in [-0.1, -0.05) is 0 Å². The number of nitrogens with one attached hydrogen (secondary N) is 1. The number of benzene rings is 1. The molecule has 1 aromatic heterocycles. The molecule has 2 aromatic rings. The summed E-state index contributed by atoms with van der Waals surface area (Å²) in [7, 11) is 1.83. The third-order valence-corrected chi connectivity index (χ3v) is 2.35. The van der Waals surface area contributed by atoms with Crippen molar-refractivity contribution in [3.63, 3.8) is 0 Å². The molecule has 0 saturated carbocycles. The molecule has 1 N–H and O–H groups in total. The number of rotatable bonds is 4. The standard InChI is InChI=1S/C13H15N3O/c1-3-17-11-6-4-10(5-7-11)12-8-15-9-13(14-2)16-12/h4-9H,3H2,1-2H3,(H,14,16). The number of ether oxygens (including phenoxy) is 1. The summed E-state index contributed by atoms with van der Waals surface area (Å²) in [5.41, 5.74) is 1.87. The van der Waals surface area contributed by atoms with Crippen LogP contribution in [-0.2, 0) is 0 Å². The highest BCUT2D eigenvalue weighted by Crippen LogP contribution is 2.21. The number of hydrogen-bond donors (Lipinski definition) is 1. The Bertz CT molecular complexity index is 482. The largest absolute Gasteiger partial charge is 0.494 e. The van der Waals surface area contributed by atoms with E-state index in [1.807, 2.05) is 38.2 Å². The Kier molecular flexibility index (Phi) is 3.55. The van der Waals surface area contributed by atoms with Crippen LogP contribution in [0.25, 0.3) is 11.3 Å². The van der Waals surface area contributed by atoms with Crippen LogP contribution in [-0.4, -0.2) is 23.6 Å². The van der Waals surface area contributed by atoms with Crippen LogP contribution in [0.15, 0.2) is 36.7 Å². The number of nitrogens with zero attached hydrogens (tertiary/aromatic N) is 2. The molecular weight excluding hydrogens is 214 g/mol. The molecule has 0 amide bonds. The molecular formula is C13H15N3O. The van der Waals surface area contributed by atoms with E-state index in [2.05, 4.69) is 15.3 Å². The van der Waals surface area contributed by atoms with Crippen molar-refractivity contribution in [2.75, 3.05) is 19.0 Å². The second-order valence-electron chi connectivity index (χ2n) is 3.50. The highest BCUT2D eigenvalue weighted by atomic mass is 16.5. The molecule has 88 valence electrons. The summed E-state index contributed by atoms with van der Waals surface area (Å²) in [6, 6.07) is 7.84. The van der Waals surface area contributed by atoms with E-state index < -0.39 is 0 Å². The van der Waals surface area contributed by atoms with Gasteiger partial charge in [0.1, 0.15) is 11.6 Å². The lowest BCUT2D eigenvalue weighted by Gasteiger charge is -2.05. The molecule has 2 rings (SSSR count). The molecule has 0 spiro atoms. The lowest BCUT2D eigenvalue weighted by molar-refractivity contribution is 0.340. The van der Waals surface area contributed by atoms with E-state index in [4.69, 9.17) is 4.74 Å². The average molecular weight is 229 g/mol. The highest BCUT2D eigenvalue weighted by Gasteiger charge is 2.01. The van der Waals surface area contributed by atoms with Crippen molar-refractivity contribution in [1.82, 2.24) is 9.97 Å². The van der Waals surface area contributed by atoms with Crippen LogP contribution in [0.4, 0.5) is 5.82 Å². The molecule has 0 aliphatic rings. The highest BCUT2D eigenvalue weighted by molar-refractivity contribution is 5.60. The quantitative estimate of drug-likeness (QED) is 0.875. The van der Waals surface area contributed by atoms with Crippen LogP contribution in [0.2, 0.25) is 0 Å². The van der Waals surface area contributed by atoms with Gasteiger partial charge in [-0.25, -0.2) is 4.98 Å². The van der Waals surface area contributed by atoms with E-state index in [0.717, 1.165) is 22.8 Å². The van der Waals surface area contributed by atoms with Crippen molar-refractivity contribution in [2.45, 2.75) is 6.92 Å². The third-order valence-electron chi connectivity index (χ3n) is 2.35. The lowest BCUT2D eigenvalue weighted by atomic mass is 10.1. The SMILES string of the molecule is CCOc1ccc(-c2cncc(NC)n2)cc1. The fourth-order valence-corrected chi connectivity index (χ4v) is 1.51. The normalized spacial score (nSPS) is 10.0. The Hall–Kier alpha value is -2.10. The Labute approximate surface area is 101 Å². The van der Waals surface area contributed by atoms with Crippen LogP contribution in [0.5, 0.6) is 5.75 Å². The van der Waals surface area contributed by atoms with Crippen LogP contribution < -0.4 is 10.1 Å². The van der Waals surface area contributed by atoms with Gasteiger partial charge in [0, 0.05) is 12.6 Å². The minimum absolute atomic E-state index is 0.675. The molecule has 17 heavy (non-hydrogen) atoms. The molecule has 0 radical (unpaired) electrons. The van der Waals surface area contributed by atoms with Gasteiger partial charge in [0.15, 0.2) is 0 Å². The zero-order valence-electron chi connectivity index (χ0n) is 9.97. The van der Waals surface area contributed by atoms with Crippen molar-refractivity contribution in [3.8, 4) is 17.0 Å². The van der Waals surface area contributed by atoms with Crippen molar-refractivity contribution < 1.29 is 4.74 Å². The van der Waals surface area contributed by atoms with Gasteiger partial charge in [0.05, 0.1) is 24.7 Å². The summed E-state index contributed by atoms with van der Waals surface area (Å²) < 4.78 is 5.39. The maximum atomic E-state index is 5.39. The maximum Gasteiger partial charge on any atom is 0.144 e. The minimum atomic E-state index is 0.675. The molecule has 0 saturated heterocycles. The van der Waals surface area contributed by atoms with Gasteiger partial charge in [-0.05, 0) is 31.2 Å². The van der Waals surface area contributed by atoms with Crippen molar-refractivity contribution in [3.05, 3.63) is 36.7 Å². The summed E-state index contributed by atoms with van der Waals surface area (Å²) in [5.74, 6) is 1.63. The number of anilines is 1. The summed E-state index contributed by atoms with van der Waals surface area (Å²) in [6.07, 6.45) is 3.44. The van der Waals surface area contributed by atoms with E-state index >= 15 is 0 Å². The minimum Gasteiger partial charge on any atom is -0.494 e. The molecule has 1 aromatic carbocycles. The van der Waals surface area contributed by atoms with Crippen LogP contribution in [0.3, 0.4) is 0 Å². The summed E-state index contributed by atoms with van der Waals surface area (Å²) in [6.45, 7) is 2.64. The zero-order valence-corrected chi connectivity index (χ0v) is 9.97. The Morgan fingerprint density at radius 1 is 1.18 bits per heavy atom. The van der Waals surface area contributed by atoms with Crippen molar-refractivity contribution in [2.24, 2.45) is 0 Å². The zero-order chi connectivity index (χ0) is 12.1. The summed E-state index contributed by atoms with van der Waals surface area (Å²) >= 11 is 0. The monoisotopic (exact) mass is 229 g/mol. The fourth-order valence-electron chi connectivity index (χ4n) is 1.51. The predicted octanol–water partition coefficient (Wildman–Crippen LogP) is 2.58. The van der Waals surface area contributed by atoms with E-state index in [0.29, 0.717) is 6.61 Å². The van der Waals surface area contributed by atoms with E-state index in [1.54, 1.807) is 12.4 Å². The van der Waals surface area contributed by atoms with Gasteiger partial charge in [0.2, 0.25) is 0 Å². The Balaban J connectivity index is 2.26. The van der Waals surface area contributed by atoms with Crippen LogP contribution in [0.1, 0.15) is 6.92 Å². The van der Waals surface area contributed by atoms with E-state index in [9.17, 15) is 0 Å². The second-order valence-corrected chi connectivity index (χ2v) is 3.50. The molecule has 4 nitrogen and oxygen atoms in total.